The number of rotatable bonds is 4. The monoisotopic (exact) mass is 380 g/mol. The fraction of sp³-hybridized carbons (Fsp3) is 0.364. The van der Waals surface area contributed by atoms with Gasteiger partial charge >= 0.3 is 0 Å². The Morgan fingerprint density at radius 2 is 1.96 bits per heavy atom. The Morgan fingerprint density at radius 3 is 2.78 bits per heavy atom. The van der Waals surface area contributed by atoms with E-state index in [0.717, 1.165) is 27.9 Å². The quantitative estimate of drug-likeness (QED) is 0.678. The molecule has 0 atom stereocenters. The van der Waals surface area contributed by atoms with Crippen LogP contribution in [0.5, 0.6) is 0 Å². The third kappa shape index (κ3) is 3.75. The van der Waals surface area contributed by atoms with Crippen molar-refractivity contribution in [3.8, 4) is 0 Å². The number of fused-ring (bicyclic) bond motifs is 2. The van der Waals surface area contributed by atoms with Crippen LogP contribution in [-0.4, -0.2) is 24.2 Å². The Kier molecular flexibility index (Phi) is 5.23. The molecule has 4 rings (SSSR count). The maximum Gasteiger partial charge on any atom is 0.279 e. The van der Waals surface area contributed by atoms with Gasteiger partial charge in [0, 0.05) is 19.2 Å². The fourth-order valence-corrected chi connectivity index (χ4v) is 4.84. The van der Waals surface area contributed by atoms with Gasteiger partial charge in [-0.2, -0.15) is 4.99 Å². The van der Waals surface area contributed by atoms with Gasteiger partial charge in [-0.15, -0.1) is 0 Å². The van der Waals surface area contributed by atoms with Crippen LogP contribution < -0.4 is 4.80 Å². The van der Waals surface area contributed by atoms with Crippen LogP contribution in [0.25, 0.3) is 10.2 Å². The lowest BCUT2D eigenvalue weighted by Gasteiger charge is -2.15. The predicted octanol–water partition coefficient (Wildman–Crippen LogP) is 4.28. The summed E-state index contributed by atoms with van der Waals surface area (Å²) in [5.41, 5.74) is 5.67. The number of hydrogen-bond acceptors (Lipinski definition) is 3. The minimum Gasteiger partial charge on any atom is -0.383 e. The highest BCUT2D eigenvalue weighted by Gasteiger charge is 2.14. The third-order valence-electron chi connectivity index (χ3n) is 5.15. The summed E-state index contributed by atoms with van der Waals surface area (Å²) in [6.07, 6.45) is 4.62. The molecule has 140 valence electrons. The number of carbonyl (C=O) groups is 1. The highest BCUT2D eigenvalue weighted by atomic mass is 32.1. The van der Waals surface area contributed by atoms with Crippen molar-refractivity contribution in [3.05, 3.63) is 63.5 Å². The van der Waals surface area contributed by atoms with E-state index in [4.69, 9.17) is 4.74 Å². The second kappa shape index (κ2) is 7.79. The molecule has 1 amide bonds. The van der Waals surface area contributed by atoms with E-state index in [9.17, 15) is 4.79 Å². The van der Waals surface area contributed by atoms with Gasteiger partial charge in [-0.3, -0.25) is 4.79 Å². The summed E-state index contributed by atoms with van der Waals surface area (Å²) < 4.78 is 8.48. The lowest BCUT2D eigenvalue weighted by atomic mass is 9.90. The van der Waals surface area contributed by atoms with Crippen molar-refractivity contribution in [2.45, 2.75) is 39.2 Å². The molecule has 1 aromatic heterocycles. The molecular weight excluding hydrogens is 356 g/mol. The Balaban J connectivity index is 1.76. The van der Waals surface area contributed by atoms with Crippen molar-refractivity contribution in [3.63, 3.8) is 0 Å². The molecule has 0 N–H and O–H groups in total. The van der Waals surface area contributed by atoms with E-state index in [-0.39, 0.29) is 5.91 Å². The topological polar surface area (TPSA) is 43.6 Å². The highest BCUT2D eigenvalue weighted by Crippen LogP contribution is 2.23. The lowest BCUT2D eigenvalue weighted by molar-refractivity contribution is 0.0997. The molecule has 1 aliphatic carbocycles. The second-order valence-corrected chi connectivity index (χ2v) is 8.12. The Morgan fingerprint density at radius 1 is 1.15 bits per heavy atom. The van der Waals surface area contributed by atoms with Crippen LogP contribution in [0.15, 0.2) is 41.4 Å². The van der Waals surface area contributed by atoms with Crippen molar-refractivity contribution >= 4 is 27.5 Å². The maximum atomic E-state index is 12.9. The summed E-state index contributed by atoms with van der Waals surface area (Å²) in [6.45, 7) is 3.34. The largest absolute Gasteiger partial charge is 0.383 e. The minimum atomic E-state index is -0.169. The van der Waals surface area contributed by atoms with Crippen LogP contribution in [0.2, 0.25) is 0 Å². The summed E-state index contributed by atoms with van der Waals surface area (Å²) >= 11 is 1.56. The van der Waals surface area contributed by atoms with Gasteiger partial charge in [0.25, 0.3) is 5.91 Å². The molecule has 0 aliphatic heterocycles. The van der Waals surface area contributed by atoms with Gasteiger partial charge in [0.1, 0.15) is 0 Å². The summed E-state index contributed by atoms with van der Waals surface area (Å²) in [7, 11) is 1.69. The van der Waals surface area contributed by atoms with E-state index in [0.29, 0.717) is 18.7 Å². The number of benzene rings is 2. The normalized spacial score (nSPS) is 14.5. The number of ether oxygens (including phenoxy) is 1. The first-order chi connectivity index (χ1) is 13.2. The average molecular weight is 381 g/mol. The molecule has 0 saturated carbocycles. The number of hydrogen-bond donors (Lipinski definition) is 0. The predicted molar refractivity (Wildman–Crippen MR) is 109 cm³/mol. The second-order valence-electron chi connectivity index (χ2n) is 7.11. The zero-order valence-electron chi connectivity index (χ0n) is 15.8. The fourth-order valence-electron chi connectivity index (χ4n) is 3.68. The van der Waals surface area contributed by atoms with E-state index in [2.05, 4.69) is 40.7 Å². The van der Waals surface area contributed by atoms with Crippen LogP contribution in [0.1, 0.15) is 39.9 Å². The number of aromatic nitrogens is 1. The van der Waals surface area contributed by atoms with Crippen LogP contribution in [-0.2, 0) is 24.1 Å². The zero-order chi connectivity index (χ0) is 18.8. The molecule has 1 aliphatic rings. The standard InChI is InChI=1S/C22H24N2O2S/c1-15-7-10-19-20(13-15)27-22(24(19)11-12-26-2)23-21(25)18-9-8-16-5-3-4-6-17(16)14-18/h7-10,13-14H,3-6,11-12H2,1-2H3. The van der Waals surface area contributed by atoms with Crippen molar-refractivity contribution in [2.24, 2.45) is 4.99 Å². The summed E-state index contributed by atoms with van der Waals surface area (Å²) in [5.74, 6) is -0.169. The molecule has 3 aromatic rings. The third-order valence-corrected chi connectivity index (χ3v) is 6.19. The first-order valence-corrected chi connectivity index (χ1v) is 10.3. The average Bonchev–Trinajstić information content (AvgIpc) is 3.01. The summed E-state index contributed by atoms with van der Waals surface area (Å²) in [6, 6.07) is 12.4. The molecule has 1 heterocycles. The summed E-state index contributed by atoms with van der Waals surface area (Å²) in [5, 5.41) is 0. The molecule has 4 nitrogen and oxygen atoms in total. The number of carbonyl (C=O) groups excluding carboxylic acids is 1. The summed E-state index contributed by atoms with van der Waals surface area (Å²) in [4.78, 5) is 18.1. The molecule has 0 radical (unpaired) electrons. The minimum absolute atomic E-state index is 0.169. The Hall–Kier alpha value is -2.24. The van der Waals surface area contributed by atoms with Gasteiger partial charge in [-0.05, 0) is 73.6 Å². The van der Waals surface area contributed by atoms with Crippen molar-refractivity contribution in [2.75, 3.05) is 13.7 Å². The van der Waals surface area contributed by atoms with Gasteiger partial charge in [0.05, 0.1) is 16.8 Å². The molecule has 0 saturated heterocycles. The molecule has 2 aromatic carbocycles. The van der Waals surface area contributed by atoms with Crippen LogP contribution in [0, 0.1) is 6.92 Å². The van der Waals surface area contributed by atoms with E-state index < -0.39 is 0 Å². The Bertz CT molecular complexity index is 1060. The van der Waals surface area contributed by atoms with E-state index in [1.807, 2.05) is 12.1 Å². The van der Waals surface area contributed by atoms with E-state index in [1.54, 1.807) is 18.4 Å². The molecule has 0 spiro atoms. The van der Waals surface area contributed by atoms with Gasteiger partial charge in [0.2, 0.25) is 0 Å². The van der Waals surface area contributed by atoms with Crippen LogP contribution in [0.4, 0.5) is 0 Å². The van der Waals surface area contributed by atoms with Gasteiger partial charge in [0.15, 0.2) is 4.80 Å². The SMILES string of the molecule is COCCn1c(=NC(=O)c2ccc3c(c2)CCCC3)sc2cc(C)ccc21. The van der Waals surface area contributed by atoms with E-state index in [1.165, 1.54) is 29.5 Å². The van der Waals surface area contributed by atoms with Gasteiger partial charge < -0.3 is 9.30 Å². The van der Waals surface area contributed by atoms with Crippen molar-refractivity contribution < 1.29 is 9.53 Å². The lowest BCUT2D eigenvalue weighted by Crippen LogP contribution is -2.19. The van der Waals surface area contributed by atoms with Gasteiger partial charge in [-0.1, -0.05) is 23.5 Å². The molecule has 0 bridgehead atoms. The highest BCUT2D eigenvalue weighted by molar-refractivity contribution is 7.16. The number of amides is 1. The maximum absolute atomic E-state index is 12.9. The number of thiazole rings is 1. The number of aryl methyl sites for hydroxylation is 3. The van der Waals surface area contributed by atoms with Crippen LogP contribution in [0.3, 0.4) is 0 Å². The van der Waals surface area contributed by atoms with Crippen molar-refractivity contribution in [1.82, 2.24) is 4.57 Å². The number of nitrogens with zero attached hydrogens (tertiary/aromatic N) is 2. The molecule has 0 unspecified atom stereocenters. The van der Waals surface area contributed by atoms with Gasteiger partial charge in [-0.25, -0.2) is 0 Å². The number of methoxy groups -OCH3 is 1. The van der Waals surface area contributed by atoms with Crippen molar-refractivity contribution in [1.29, 1.82) is 0 Å². The van der Waals surface area contributed by atoms with Crippen LogP contribution >= 0.6 is 11.3 Å². The molecular formula is C22H24N2O2S. The first kappa shape index (κ1) is 18.1. The molecule has 27 heavy (non-hydrogen) atoms. The van der Waals surface area contributed by atoms with E-state index >= 15 is 0 Å². The molecule has 5 heteroatoms. The molecule has 0 fully saturated rings. The first-order valence-electron chi connectivity index (χ1n) is 9.45. The smallest absolute Gasteiger partial charge is 0.279 e. The zero-order valence-corrected chi connectivity index (χ0v) is 16.6. The Labute approximate surface area is 163 Å².